The number of pyridine rings is 1. The lowest BCUT2D eigenvalue weighted by Gasteiger charge is -2.03. The Balaban J connectivity index is 2.94. The lowest BCUT2D eigenvalue weighted by atomic mass is 10.4. The van der Waals surface area contributed by atoms with Crippen molar-refractivity contribution >= 4 is 17.2 Å². The third-order valence-corrected chi connectivity index (χ3v) is 2.13. The van der Waals surface area contributed by atoms with Gasteiger partial charge in [-0.05, 0) is 12.1 Å². The minimum atomic E-state index is -0.736. The average molecular weight is 220 g/mol. The van der Waals surface area contributed by atoms with Crippen LogP contribution in [0.15, 0.2) is 29.2 Å². The van der Waals surface area contributed by atoms with E-state index in [0.717, 1.165) is 4.40 Å². The first-order chi connectivity index (χ1) is 7.65. The third kappa shape index (κ3) is 1.38. The highest BCUT2D eigenvalue weighted by molar-refractivity contribution is 5.59. The quantitative estimate of drug-likeness (QED) is 0.592. The monoisotopic (exact) mass is 220 g/mol. The van der Waals surface area contributed by atoms with Crippen LogP contribution in [0.5, 0.6) is 0 Å². The molecule has 1 N–H and O–H groups in total. The van der Waals surface area contributed by atoms with Gasteiger partial charge in [-0.25, -0.2) is 4.98 Å². The highest BCUT2D eigenvalue weighted by Gasteiger charge is 2.22. The second-order valence-electron chi connectivity index (χ2n) is 3.05. The first kappa shape index (κ1) is 10.1. The fraction of sp³-hybridized carbons (Fsp3) is 0.111. The fourth-order valence-electron chi connectivity index (χ4n) is 1.42. The van der Waals surface area contributed by atoms with Crippen LogP contribution in [0.3, 0.4) is 0 Å². The number of hydrogen-bond donors (Lipinski definition) is 1. The summed E-state index contributed by atoms with van der Waals surface area (Å²) in [6.45, 7) is 0. The molecule has 0 aromatic carbocycles. The Labute approximate surface area is 89.5 Å². The van der Waals surface area contributed by atoms with Crippen LogP contribution >= 0.6 is 0 Å². The third-order valence-electron chi connectivity index (χ3n) is 2.13. The van der Waals surface area contributed by atoms with Crippen molar-refractivity contribution in [1.82, 2.24) is 9.38 Å². The maximum Gasteiger partial charge on any atom is 0.376 e. The second-order valence-corrected chi connectivity index (χ2v) is 3.05. The molecule has 82 valence electrons. The van der Waals surface area contributed by atoms with Crippen molar-refractivity contribution in [3.05, 3.63) is 44.9 Å². The number of aromatic nitrogens is 2. The highest BCUT2D eigenvalue weighted by atomic mass is 16.6. The van der Waals surface area contributed by atoms with Crippen LogP contribution in [0.25, 0.3) is 5.65 Å². The van der Waals surface area contributed by atoms with E-state index in [9.17, 15) is 14.9 Å². The smallest absolute Gasteiger partial charge is 0.367 e. The molecule has 0 spiro atoms. The van der Waals surface area contributed by atoms with Gasteiger partial charge in [-0.15, -0.1) is 0 Å². The molecular weight excluding hydrogens is 212 g/mol. The molecule has 0 saturated heterocycles. The van der Waals surface area contributed by atoms with Gasteiger partial charge in [0, 0.05) is 13.2 Å². The van der Waals surface area contributed by atoms with Crippen molar-refractivity contribution in [2.45, 2.75) is 0 Å². The van der Waals surface area contributed by atoms with E-state index in [2.05, 4.69) is 10.3 Å². The molecule has 2 aromatic rings. The largest absolute Gasteiger partial charge is 0.376 e. The number of fused-ring (bicyclic) bond motifs is 1. The Morgan fingerprint density at radius 3 is 2.88 bits per heavy atom. The summed E-state index contributed by atoms with van der Waals surface area (Å²) in [5, 5.41) is 13.3. The molecule has 0 radical (unpaired) electrons. The maximum atomic E-state index is 11.8. The molecule has 0 unspecified atom stereocenters. The van der Waals surface area contributed by atoms with Crippen LogP contribution < -0.4 is 10.9 Å². The molecule has 0 aliphatic rings. The molecule has 0 aliphatic carbocycles. The number of nitrogens with one attached hydrogen (secondary N) is 1. The molecule has 2 aromatic heterocycles. The molecule has 0 saturated carbocycles. The molecule has 2 rings (SSSR count). The van der Waals surface area contributed by atoms with Gasteiger partial charge in [0.2, 0.25) is 5.82 Å². The van der Waals surface area contributed by atoms with E-state index < -0.39 is 16.2 Å². The molecule has 7 heteroatoms. The number of hydrogen-bond acceptors (Lipinski definition) is 5. The summed E-state index contributed by atoms with van der Waals surface area (Å²) in [4.78, 5) is 25.8. The number of nitrogens with zero attached hydrogens (tertiary/aromatic N) is 3. The standard InChI is InChI=1S/C9H8N4O3/c1-10-8-7(13(15)16)9(14)12-5-3-2-4-6(12)11-8/h2-5,10H,1H3. The van der Waals surface area contributed by atoms with Crippen LogP contribution in [0, 0.1) is 10.1 Å². The fourth-order valence-corrected chi connectivity index (χ4v) is 1.42. The van der Waals surface area contributed by atoms with Gasteiger partial charge < -0.3 is 5.32 Å². The molecule has 2 heterocycles. The average Bonchev–Trinajstić information content (AvgIpc) is 2.28. The van der Waals surface area contributed by atoms with Crippen molar-refractivity contribution in [3.8, 4) is 0 Å². The van der Waals surface area contributed by atoms with Crippen LogP contribution in [-0.4, -0.2) is 21.4 Å². The van der Waals surface area contributed by atoms with Gasteiger partial charge >= 0.3 is 11.2 Å². The van der Waals surface area contributed by atoms with E-state index in [1.54, 1.807) is 18.2 Å². The van der Waals surface area contributed by atoms with E-state index in [4.69, 9.17) is 0 Å². The second kappa shape index (κ2) is 3.61. The van der Waals surface area contributed by atoms with Gasteiger partial charge in [-0.2, -0.15) is 0 Å². The van der Waals surface area contributed by atoms with Gasteiger partial charge in [-0.3, -0.25) is 19.3 Å². The van der Waals surface area contributed by atoms with Crippen molar-refractivity contribution in [2.75, 3.05) is 12.4 Å². The van der Waals surface area contributed by atoms with Crippen LogP contribution in [0.1, 0.15) is 0 Å². The van der Waals surface area contributed by atoms with Crippen LogP contribution in [0.4, 0.5) is 11.5 Å². The lowest BCUT2D eigenvalue weighted by Crippen LogP contribution is -2.20. The topological polar surface area (TPSA) is 89.5 Å². The number of rotatable bonds is 2. The maximum absolute atomic E-state index is 11.8. The minimum Gasteiger partial charge on any atom is -0.367 e. The van der Waals surface area contributed by atoms with Crippen molar-refractivity contribution in [3.63, 3.8) is 0 Å². The summed E-state index contributed by atoms with van der Waals surface area (Å²) in [5.41, 5.74) is -0.881. The molecule has 0 amide bonds. The van der Waals surface area contributed by atoms with Crippen molar-refractivity contribution < 1.29 is 4.92 Å². The summed E-state index contributed by atoms with van der Waals surface area (Å²) < 4.78 is 1.14. The minimum absolute atomic E-state index is 0.0267. The van der Waals surface area contributed by atoms with E-state index in [-0.39, 0.29) is 5.82 Å². The lowest BCUT2D eigenvalue weighted by molar-refractivity contribution is -0.385. The van der Waals surface area contributed by atoms with E-state index in [0.29, 0.717) is 5.65 Å². The first-order valence-electron chi connectivity index (χ1n) is 4.48. The van der Waals surface area contributed by atoms with E-state index in [1.165, 1.54) is 13.2 Å². The van der Waals surface area contributed by atoms with Gasteiger partial charge in [0.15, 0.2) is 0 Å². The number of nitro groups is 1. The van der Waals surface area contributed by atoms with Gasteiger partial charge in [0.1, 0.15) is 5.65 Å². The predicted molar refractivity (Wildman–Crippen MR) is 57.7 cm³/mol. The number of anilines is 1. The van der Waals surface area contributed by atoms with E-state index >= 15 is 0 Å². The highest BCUT2D eigenvalue weighted by Crippen LogP contribution is 2.16. The normalized spacial score (nSPS) is 10.3. The van der Waals surface area contributed by atoms with Gasteiger partial charge in [0.05, 0.1) is 4.92 Å². The summed E-state index contributed by atoms with van der Waals surface area (Å²) in [6, 6.07) is 4.91. The molecule has 0 fully saturated rings. The molecule has 16 heavy (non-hydrogen) atoms. The molecule has 0 bridgehead atoms. The van der Waals surface area contributed by atoms with Gasteiger partial charge in [0.25, 0.3) is 0 Å². The zero-order chi connectivity index (χ0) is 11.7. The predicted octanol–water partition coefficient (Wildman–Crippen LogP) is 0.644. The Bertz CT molecular complexity index is 620. The Kier molecular flexibility index (Phi) is 2.28. The van der Waals surface area contributed by atoms with Crippen molar-refractivity contribution in [1.29, 1.82) is 0 Å². The van der Waals surface area contributed by atoms with Crippen molar-refractivity contribution in [2.24, 2.45) is 0 Å². The zero-order valence-corrected chi connectivity index (χ0v) is 8.38. The summed E-state index contributed by atoms with van der Waals surface area (Å²) in [6.07, 6.45) is 1.44. The SMILES string of the molecule is CNc1nc2ccccn2c(=O)c1[N+](=O)[O-]. The Hall–Kier alpha value is -2.44. The summed E-state index contributed by atoms with van der Waals surface area (Å²) in [5.74, 6) is -0.0267. The summed E-state index contributed by atoms with van der Waals surface area (Å²) >= 11 is 0. The first-order valence-corrected chi connectivity index (χ1v) is 4.48. The van der Waals surface area contributed by atoms with Crippen LogP contribution in [-0.2, 0) is 0 Å². The molecule has 0 aliphatic heterocycles. The van der Waals surface area contributed by atoms with E-state index in [1.807, 2.05) is 0 Å². The molecule has 7 nitrogen and oxygen atoms in total. The molecular formula is C9H8N4O3. The van der Waals surface area contributed by atoms with Gasteiger partial charge in [-0.1, -0.05) is 6.07 Å². The molecule has 0 atom stereocenters. The summed E-state index contributed by atoms with van der Waals surface area (Å²) in [7, 11) is 1.48. The Morgan fingerprint density at radius 2 is 2.25 bits per heavy atom. The Morgan fingerprint density at radius 1 is 1.50 bits per heavy atom. The van der Waals surface area contributed by atoms with Crippen LogP contribution in [0.2, 0.25) is 0 Å². The zero-order valence-electron chi connectivity index (χ0n) is 8.38.